The molecule has 0 amide bonds. The number of esters is 1. The minimum atomic E-state index is -4.65. The number of sulfone groups is 1. The number of benzene rings is 3. The fourth-order valence-electron chi connectivity index (χ4n) is 4.69. The molecule has 14 nitrogen and oxygen atoms in total. The molecule has 51 heavy (non-hydrogen) atoms. The summed E-state index contributed by atoms with van der Waals surface area (Å²) in [6.07, 6.45) is -3.44. The van der Waals surface area contributed by atoms with E-state index >= 15 is 0 Å². The van der Waals surface area contributed by atoms with E-state index in [2.05, 4.69) is 9.97 Å². The Morgan fingerprint density at radius 2 is 1.69 bits per heavy atom. The van der Waals surface area contributed by atoms with Crippen molar-refractivity contribution in [3.05, 3.63) is 112 Å². The van der Waals surface area contributed by atoms with E-state index in [1.165, 1.54) is 55.6 Å². The Labute approximate surface area is 290 Å². The molecule has 0 aliphatic heterocycles. The number of non-ortho nitro benzene ring substituents is 1. The van der Waals surface area contributed by atoms with Gasteiger partial charge in [0.25, 0.3) is 15.7 Å². The molecule has 5 aromatic rings. The van der Waals surface area contributed by atoms with Crippen LogP contribution in [0.2, 0.25) is 0 Å². The monoisotopic (exact) mass is 766 g/mol. The Kier molecular flexibility index (Phi) is 10.6. The number of carbonyl (C=O) groups is 1. The van der Waals surface area contributed by atoms with Crippen LogP contribution >= 0.6 is 0 Å². The number of nitro groups is 1. The largest absolute Gasteiger partial charge is 0.484 e. The molecule has 268 valence electrons. The van der Waals surface area contributed by atoms with Gasteiger partial charge in [0.15, 0.2) is 16.4 Å². The molecule has 5 rings (SSSR count). The fourth-order valence-corrected chi connectivity index (χ4v) is 8.91. The molecule has 0 spiro atoms. The Hall–Kier alpha value is -5.21. The van der Waals surface area contributed by atoms with Crippen LogP contribution in [0.3, 0.4) is 0 Å². The smallest absolute Gasteiger partial charge is 0.422 e. The van der Waals surface area contributed by atoms with Crippen molar-refractivity contribution in [2.24, 2.45) is 0 Å². The number of nitro benzene ring substituents is 1. The van der Waals surface area contributed by atoms with Gasteiger partial charge in [0, 0.05) is 23.9 Å². The number of nitrogens with zero attached hydrogens (tertiary/aromatic N) is 4. The van der Waals surface area contributed by atoms with Gasteiger partial charge in [0.05, 0.1) is 59.3 Å². The Morgan fingerprint density at radius 1 is 0.980 bits per heavy atom. The number of ether oxygens (including phenoxy) is 2. The van der Waals surface area contributed by atoms with E-state index in [0.29, 0.717) is 0 Å². The molecular weight excluding hydrogens is 742 g/mol. The maximum Gasteiger partial charge on any atom is 0.422 e. The Bertz CT molecular complexity index is 2400. The lowest BCUT2D eigenvalue weighted by molar-refractivity contribution is -0.385. The molecule has 0 aliphatic rings. The molecule has 20 heteroatoms. The highest BCUT2D eigenvalue weighted by Gasteiger charge is 2.31. The summed E-state index contributed by atoms with van der Waals surface area (Å²) < 4.78 is 116. The van der Waals surface area contributed by atoms with E-state index in [1.54, 1.807) is 6.07 Å². The fraction of sp³-hybridized carbons (Fsp3) is 0.194. The summed E-state index contributed by atoms with van der Waals surface area (Å²) in [5, 5.41) is 10.6. The third kappa shape index (κ3) is 8.40. The molecule has 0 radical (unpaired) electrons. The van der Waals surface area contributed by atoms with Crippen LogP contribution in [-0.4, -0.2) is 71.0 Å². The van der Waals surface area contributed by atoms with Crippen molar-refractivity contribution in [1.82, 2.24) is 13.9 Å². The zero-order chi connectivity index (χ0) is 37.1. The minimum absolute atomic E-state index is 0.0344. The van der Waals surface area contributed by atoms with Gasteiger partial charge < -0.3 is 9.47 Å². The lowest BCUT2D eigenvalue weighted by Gasteiger charge is -2.14. The Balaban J connectivity index is 1.39. The van der Waals surface area contributed by atoms with Crippen LogP contribution in [0.15, 0.2) is 100 Å². The van der Waals surface area contributed by atoms with Gasteiger partial charge in [-0.05, 0) is 49.4 Å². The number of alkyl halides is 3. The van der Waals surface area contributed by atoms with Crippen molar-refractivity contribution in [3.8, 4) is 5.75 Å². The first-order valence-electron chi connectivity index (χ1n) is 14.5. The van der Waals surface area contributed by atoms with Crippen LogP contribution in [0.4, 0.5) is 18.9 Å². The molecule has 0 bridgehead atoms. The van der Waals surface area contributed by atoms with Crippen molar-refractivity contribution in [2.75, 3.05) is 19.0 Å². The number of hydrogen-bond acceptors (Lipinski definition) is 12. The zero-order valence-electron chi connectivity index (χ0n) is 26.1. The number of pyridine rings is 1. The van der Waals surface area contributed by atoms with Gasteiger partial charge in [-0.25, -0.2) is 30.6 Å². The number of halogens is 3. The third-order valence-electron chi connectivity index (χ3n) is 7.19. The van der Waals surface area contributed by atoms with E-state index in [0.717, 1.165) is 34.3 Å². The van der Waals surface area contributed by atoms with Crippen molar-refractivity contribution >= 4 is 53.4 Å². The SMILES string of the molecule is Cc1c(OCC(F)(F)F)ccnc1CS(=O)c1nc2ccccc2n1S(=O)(=O)c1cccc(C(=O)OCCS(=O)(=O)c2cccc([N+](=O)[O-])c2)c1. The normalized spacial score (nSPS) is 12.8. The first kappa shape index (κ1) is 37.1. The van der Waals surface area contributed by atoms with Gasteiger partial charge in [0.1, 0.15) is 12.4 Å². The molecule has 0 aliphatic carbocycles. The molecule has 1 atom stereocenters. The molecule has 2 aromatic heterocycles. The second kappa shape index (κ2) is 14.6. The highest BCUT2D eigenvalue weighted by molar-refractivity contribution is 7.91. The molecule has 0 fully saturated rings. The molecule has 3 aromatic carbocycles. The van der Waals surface area contributed by atoms with E-state index in [9.17, 15) is 49.1 Å². The summed E-state index contributed by atoms with van der Waals surface area (Å²) in [4.78, 5) is 30.7. The summed E-state index contributed by atoms with van der Waals surface area (Å²) >= 11 is 0. The summed E-state index contributed by atoms with van der Waals surface area (Å²) in [5.41, 5.74) is -0.305. The predicted molar refractivity (Wildman–Crippen MR) is 175 cm³/mol. The highest BCUT2D eigenvalue weighted by atomic mass is 32.2. The van der Waals surface area contributed by atoms with E-state index in [1.807, 2.05) is 0 Å². The van der Waals surface area contributed by atoms with Gasteiger partial charge in [-0.1, -0.05) is 24.3 Å². The number of rotatable bonds is 13. The summed E-state index contributed by atoms with van der Waals surface area (Å²) in [5.74, 6) is -2.39. The highest BCUT2D eigenvalue weighted by Crippen LogP contribution is 2.29. The average molecular weight is 767 g/mol. The number of fused-ring (bicyclic) bond motifs is 1. The van der Waals surface area contributed by atoms with Crippen LogP contribution in [0.1, 0.15) is 21.6 Å². The van der Waals surface area contributed by atoms with Gasteiger partial charge in [-0.15, -0.1) is 0 Å². The lowest BCUT2D eigenvalue weighted by Crippen LogP contribution is -2.20. The van der Waals surface area contributed by atoms with Gasteiger partial charge in [-0.2, -0.15) is 13.2 Å². The summed E-state index contributed by atoms with van der Waals surface area (Å²) in [7, 11) is -11.0. The number of hydrogen-bond donors (Lipinski definition) is 0. The van der Waals surface area contributed by atoms with Crippen LogP contribution < -0.4 is 4.74 Å². The van der Waals surface area contributed by atoms with Gasteiger partial charge in [0.2, 0.25) is 5.16 Å². The van der Waals surface area contributed by atoms with Gasteiger partial charge >= 0.3 is 12.1 Å². The first-order chi connectivity index (χ1) is 24.0. The zero-order valence-corrected chi connectivity index (χ0v) is 28.6. The van der Waals surface area contributed by atoms with Crippen molar-refractivity contribution in [3.63, 3.8) is 0 Å². The molecule has 1 unspecified atom stereocenters. The minimum Gasteiger partial charge on any atom is -0.484 e. The second-order valence-corrected chi connectivity index (χ2v) is 15.9. The average Bonchev–Trinajstić information content (AvgIpc) is 3.49. The number of imidazole rings is 1. The van der Waals surface area contributed by atoms with Crippen LogP contribution in [-0.2, 0) is 41.1 Å². The van der Waals surface area contributed by atoms with E-state index in [-0.39, 0.29) is 38.5 Å². The van der Waals surface area contributed by atoms with Crippen LogP contribution in [0.25, 0.3) is 11.0 Å². The maximum atomic E-state index is 14.1. The third-order valence-corrected chi connectivity index (χ3v) is 11.9. The van der Waals surface area contributed by atoms with Crippen LogP contribution in [0.5, 0.6) is 5.75 Å². The summed E-state index contributed by atoms with van der Waals surface area (Å²) in [6, 6.07) is 16.1. The quantitative estimate of drug-likeness (QED) is 0.0907. The maximum absolute atomic E-state index is 14.1. The Morgan fingerprint density at radius 3 is 2.41 bits per heavy atom. The van der Waals surface area contributed by atoms with Crippen molar-refractivity contribution in [2.45, 2.75) is 33.8 Å². The first-order valence-corrected chi connectivity index (χ1v) is 18.9. The molecule has 2 heterocycles. The van der Waals surface area contributed by atoms with Gasteiger partial charge in [-0.3, -0.25) is 19.3 Å². The standard InChI is InChI=1S/C31H25F3N4O10S3/c1-20-26(35-13-12-28(20)48-19-31(32,33)34)18-49(42)30-36-25-10-2-3-11-27(25)37(30)51(45,46)24-9-4-6-21(16-24)29(39)47-14-15-50(43,44)23-8-5-7-22(17-23)38(40)41/h2-13,16-17H,14-15,18-19H2,1H3. The van der Waals surface area contributed by atoms with Crippen molar-refractivity contribution < 1.29 is 53.4 Å². The van der Waals surface area contributed by atoms with E-state index in [4.69, 9.17) is 9.47 Å². The predicted octanol–water partition coefficient (Wildman–Crippen LogP) is 4.76. The summed E-state index contributed by atoms with van der Waals surface area (Å²) in [6.45, 7) is -0.814. The van der Waals surface area contributed by atoms with Crippen LogP contribution in [0, 0.1) is 17.0 Å². The molecular formula is C31H25F3N4O10S3. The second-order valence-electron chi connectivity index (χ2n) is 10.7. The number of carbonyl (C=O) groups excluding carboxylic acids is 1. The number of aromatic nitrogens is 3. The topological polar surface area (TPSA) is 195 Å². The number of para-hydroxylation sites is 2. The molecule has 0 saturated carbocycles. The molecule has 0 saturated heterocycles. The molecule has 0 N–H and O–H groups in total. The van der Waals surface area contributed by atoms with E-state index < -0.39 is 88.2 Å². The lowest BCUT2D eigenvalue weighted by atomic mass is 10.2. The van der Waals surface area contributed by atoms with Crippen molar-refractivity contribution in [1.29, 1.82) is 0 Å².